The van der Waals surface area contributed by atoms with Crippen LogP contribution in [0.5, 0.6) is 0 Å². The first-order valence-corrected chi connectivity index (χ1v) is 5.05. The summed E-state index contributed by atoms with van der Waals surface area (Å²) in [6.07, 6.45) is -2.55. The molecular formula is C9H18N2O5. The number of ether oxygens (including phenoxy) is 1. The molecule has 0 bridgehead atoms. The lowest BCUT2D eigenvalue weighted by Crippen LogP contribution is -2.68. The van der Waals surface area contributed by atoms with E-state index < -0.39 is 30.5 Å². The molecule has 1 aliphatic heterocycles. The molecule has 1 aliphatic rings. The Labute approximate surface area is 93.2 Å². The van der Waals surface area contributed by atoms with Gasteiger partial charge in [-0.3, -0.25) is 4.79 Å². The van der Waals surface area contributed by atoms with Crippen LogP contribution in [0.4, 0.5) is 0 Å². The first-order chi connectivity index (χ1) is 7.46. The highest BCUT2D eigenvalue weighted by Crippen LogP contribution is 2.25. The lowest BCUT2D eigenvalue weighted by atomic mass is 9.87. The van der Waals surface area contributed by atoms with E-state index in [2.05, 4.69) is 5.32 Å². The van der Waals surface area contributed by atoms with Gasteiger partial charge in [-0.1, -0.05) is 0 Å². The zero-order valence-corrected chi connectivity index (χ0v) is 9.09. The number of nitrogens with two attached hydrogens (primary N) is 1. The monoisotopic (exact) mass is 234 g/mol. The molecule has 6 N–H and O–H groups in total. The maximum Gasteiger partial charge on any atom is 0.217 e. The number of aliphatic hydroxyl groups is 3. The van der Waals surface area contributed by atoms with Crippen molar-refractivity contribution in [3.8, 4) is 0 Å². The van der Waals surface area contributed by atoms with Gasteiger partial charge in [-0.2, -0.15) is 0 Å². The van der Waals surface area contributed by atoms with E-state index in [0.717, 1.165) is 0 Å². The van der Waals surface area contributed by atoms with Crippen LogP contribution < -0.4 is 11.1 Å². The number of hydrogen-bond donors (Lipinski definition) is 5. The standard InChI is InChI=1S/C9H18N2O5/c1-5(13)11-6-2-16-9(3-10,4-12)8(15)7(6)14/h6-8,12,14-15H,2-4,10H2,1H3,(H,11,13)/t6-,7+,8+,9-/m0/s1. The number of amides is 1. The molecule has 0 spiro atoms. The summed E-state index contributed by atoms with van der Waals surface area (Å²) < 4.78 is 5.26. The second kappa shape index (κ2) is 5.07. The predicted octanol–water partition coefficient (Wildman–Crippen LogP) is -3.07. The van der Waals surface area contributed by atoms with E-state index in [-0.39, 0.29) is 19.1 Å². The largest absolute Gasteiger partial charge is 0.393 e. The van der Waals surface area contributed by atoms with E-state index in [1.54, 1.807) is 0 Å². The molecule has 7 nitrogen and oxygen atoms in total. The summed E-state index contributed by atoms with van der Waals surface area (Å²) in [7, 11) is 0. The summed E-state index contributed by atoms with van der Waals surface area (Å²) in [5, 5.41) is 31.2. The molecule has 0 aliphatic carbocycles. The average molecular weight is 234 g/mol. The normalized spacial score (nSPS) is 39.4. The first-order valence-electron chi connectivity index (χ1n) is 5.05. The molecule has 0 saturated carbocycles. The van der Waals surface area contributed by atoms with E-state index >= 15 is 0 Å². The van der Waals surface area contributed by atoms with Gasteiger partial charge < -0.3 is 31.1 Å². The molecule has 1 heterocycles. The summed E-state index contributed by atoms with van der Waals surface area (Å²) in [5.41, 5.74) is 4.05. The van der Waals surface area contributed by atoms with Crippen LogP contribution in [0.3, 0.4) is 0 Å². The number of carbonyl (C=O) groups is 1. The Morgan fingerprint density at radius 3 is 2.69 bits per heavy atom. The van der Waals surface area contributed by atoms with Crippen LogP contribution in [0.15, 0.2) is 0 Å². The Bertz CT molecular complexity index is 256. The van der Waals surface area contributed by atoms with Crippen molar-refractivity contribution in [3.63, 3.8) is 0 Å². The van der Waals surface area contributed by atoms with Gasteiger partial charge in [-0.15, -0.1) is 0 Å². The molecule has 1 saturated heterocycles. The molecule has 94 valence electrons. The Balaban J connectivity index is 2.74. The minimum atomic E-state index is -1.35. The van der Waals surface area contributed by atoms with Gasteiger partial charge in [-0.25, -0.2) is 0 Å². The van der Waals surface area contributed by atoms with E-state index in [4.69, 9.17) is 15.6 Å². The second-order valence-electron chi connectivity index (χ2n) is 3.98. The fourth-order valence-corrected chi connectivity index (χ4v) is 1.74. The van der Waals surface area contributed by atoms with Crippen LogP contribution in [-0.2, 0) is 9.53 Å². The molecule has 0 unspecified atom stereocenters. The van der Waals surface area contributed by atoms with Gasteiger partial charge in [0.15, 0.2) is 0 Å². The molecule has 1 rings (SSSR count). The van der Waals surface area contributed by atoms with Gasteiger partial charge >= 0.3 is 0 Å². The molecule has 0 aromatic carbocycles. The molecular weight excluding hydrogens is 216 g/mol. The van der Waals surface area contributed by atoms with Crippen LogP contribution in [0.2, 0.25) is 0 Å². The molecule has 16 heavy (non-hydrogen) atoms. The minimum Gasteiger partial charge on any atom is -0.393 e. The molecule has 1 fully saturated rings. The van der Waals surface area contributed by atoms with Gasteiger partial charge in [0, 0.05) is 13.5 Å². The van der Waals surface area contributed by atoms with Crippen LogP contribution in [0.25, 0.3) is 0 Å². The molecule has 4 atom stereocenters. The van der Waals surface area contributed by atoms with Crippen molar-refractivity contribution < 1.29 is 24.9 Å². The van der Waals surface area contributed by atoms with Gasteiger partial charge in [0.05, 0.1) is 19.3 Å². The van der Waals surface area contributed by atoms with Gasteiger partial charge in [0.25, 0.3) is 0 Å². The Kier molecular flexibility index (Phi) is 4.22. The maximum absolute atomic E-state index is 10.8. The number of carbonyl (C=O) groups excluding carboxylic acids is 1. The second-order valence-corrected chi connectivity index (χ2v) is 3.98. The maximum atomic E-state index is 10.8. The smallest absolute Gasteiger partial charge is 0.217 e. The summed E-state index contributed by atoms with van der Waals surface area (Å²) in [4.78, 5) is 10.8. The minimum absolute atomic E-state index is 0.00440. The summed E-state index contributed by atoms with van der Waals surface area (Å²) in [6, 6.07) is -0.696. The van der Waals surface area contributed by atoms with Gasteiger partial charge in [-0.05, 0) is 0 Å². The molecule has 7 heteroatoms. The van der Waals surface area contributed by atoms with E-state index in [0.29, 0.717) is 0 Å². The molecule has 1 amide bonds. The van der Waals surface area contributed by atoms with Crippen molar-refractivity contribution in [2.45, 2.75) is 30.8 Å². The summed E-state index contributed by atoms with van der Waals surface area (Å²) in [5.74, 6) is -0.330. The zero-order chi connectivity index (χ0) is 12.3. The fraction of sp³-hybridized carbons (Fsp3) is 0.889. The highest BCUT2D eigenvalue weighted by molar-refractivity contribution is 5.73. The van der Waals surface area contributed by atoms with Gasteiger partial charge in [0.2, 0.25) is 5.91 Å². The molecule has 0 aromatic rings. The van der Waals surface area contributed by atoms with Gasteiger partial charge in [0.1, 0.15) is 17.8 Å². The van der Waals surface area contributed by atoms with E-state index in [9.17, 15) is 15.0 Å². The predicted molar refractivity (Wildman–Crippen MR) is 54.4 cm³/mol. The number of nitrogens with one attached hydrogen (secondary N) is 1. The Morgan fingerprint density at radius 2 is 2.25 bits per heavy atom. The fourth-order valence-electron chi connectivity index (χ4n) is 1.74. The van der Waals surface area contributed by atoms with Crippen LogP contribution in [0, 0.1) is 0 Å². The summed E-state index contributed by atoms with van der Waals surface area (Å²) >= 11 is 0. The van der Waals surface area contributed by atoms with Crippen LogP contribution >= 0.6 is 0 Å². The van der Waals surface area contributed by atoms with Crippen molar-refractivity contribution >= 4 is 5.91 Å². The van der Waals surface area contributed by atoms with E-state index in [1.165, 1.54) is 6.92 Å². The first kappa shape index (κ1) is 13.3. The number of aliphatic hydroxyl groups excluding tert-OH is 3. The lowest BCUT2D eigenvalue weighted by molar-refractivity contribution is -0.217. The number of hydrogen-bond acceptors (Lipinski definition) is 6. The Hall–Kier alpha value is -0.730. The lowest BCUT2D eigenvalue weighted by Gasteiger charge is -2.45. The SMILES string of the molecule is CC(=O)N[C@H]1CO[C@@](CN)(CO)[C@H](O)[C@@H]1O. The van der Waals surface area contributed by atoms with Crippen molar-refractivity contribution in [3.05, 3.63) is 0 Å². The quantitative estimate of drug-likeness (QED) is 0.353. The zero-order valence-electron chi connectivity index (χ0n) is 9.09. The third-order valence-electron chi connectivity index (χ3n) is 2.83. The van der Waals surface area contributed by atoms with Crippen LogP contribution in [-0.4, -0.2) is 64.8 Å². The third-order valence-corrected chi connectivity index (χ3v) is 2.83. The van der Waals surface area contributed by atoms with Crippen molar-refractivity contribution in [2.75, 3.05) is 19.8 Å². The Morgan fingerprint density at radius 1 is 1.62 bits per heavy atom. The van der Waals surface area contributed by atoms with E-state index in [1.807, 2.05) is 0 Å². The number of rotatable bonds is 3. The van der Waals surface area contributed by atoms with Crippen molar-refractivity contribution in [2.24, 2.45) is 5.73 Å². The molecule has 0 radical (unpaired) electrons. The highest BCUT2D eigenvalue weighted by Gasteiger charge is 2.48. The highest BCUT2D eigenvalue weighted by atomic mass is 16.5. The summed E-state index contributed by atoms with van der Waals surface area (Å²) in [6.45, 7) is 0.689. The topological polar surface area (TPSA) is 125 Å². The van der Waals surface area contributed by atoms with Crippen molar-refractivity contribution in [1.82, 2.24) is 5.32 Å². The molecule has 0 aromatic heterocycles. The van der Waals surface area contributed by atoms with Crippen molar-refractivity contribution in [1.29, 1.82) is 0 Å². The van der Waals surface area contributed by atoms with Crippen LogP contribution in [0.1, 0.15) is 6.92 Å². The third kappa shape index (κ3) is 2.33. The average Bonchev–Trinajstić information content (AvgIpc) is 2.26.